The molecule has 33 heavy (non-hydrogen) atoms. The Kier molecular flexibility index (Phi) is 6.01. The summed E-state index contributed by atoms with van der Waals surface area (Å²) < 4.78 is 117. The van der Waals surface area contributed by atoms with E-state index in [1.54, 1.807) is 0 Å². The smallest absolute Gasteiger partial charge is 0.321 e. The van der Waals surface area contributed by atoms with Gasteiger partial charge in [-0.15, -0.1) is 0 Å². The number of halogens is 7. The van der Waals surface area contributed by atoms with E-state index in [1.807, 2.05) is 0 Å². The van der Waals surface area contributed by atoms with Gasteiger partial charge >= 0.3 is 12.1 Å². The minimum absolute atomic E-state index is 0.137. The summed E-state index contributed by atoms with van der Waals surface area (Å²) in [7, 11) is -3.77. The third kappa shape index (κ3) is 4.96. The van der Waals surface area contributed by atoms with Crippen molar-refractivity contribution in [3.05, 3.63) is 35.3 Å². The zero-order valence-corrected chi connectivity index (χ0v) is 17.9. The molecule has 0 saturated heterocycles. The number of anilines is 1. The number of nitrogens with zero attached hydrogens (tertiary/aromatic N) is 3. The summed E-state index contributed by atoms with van der Waals surface area (Å²) >= 11 is 0. The van der Waals surface area contributed by atoms with Crippen LogP contribution in [0.3, 0.4) is 0 Å². The maximum atomic E-state index is 14.0. The van der Waals surface area contributed by atoms with Crippen molar-refractivity contribution in [3.8, 4) is 0 Å². The monoisotopic (exact) mass is 502 g/mol. The lowest BCUT2D eigenvalue weighted by Gasteiger charge is -2.35. The molecule has 7 nitrogen and oxygen atoms in total. The van der Waals surface area contributed by atoms with E-state index < -0.39 is 81.0 Å². The van der Waals surface area contributed by atoms with E-state index in [9.17, 15) is 43.9 Å². The molecule has 0 atom stereocenters. The number of hydrogen-bond acceptors (Lipinski definition) is 5. The van der Waals surface area contributed by atoms with Crippen LogP contribution in [-0.2, 0) is 22.3 Å². The highest BCUT2D eigenvalue weighted by Gasteiger charge is 2.61. The number of amides is 1. The second-order valence-electron chi connectivity index (χ2n) is 7.82. The number of aromatic nitrogens is 3. The second-order valence-corrected chi connectivity index (χ2v) is 9.78. The third-order valence-electron chi connectivity index (χ3n) is 5.04. The highest BCUT2D eigenvalue weighted by atomic mass is 32.2. The van der Waals surface area contributed by atoms with Gasteiger partial charge in [0.25, 0.3) is 5.91 Å². The standard InChI is InChI=1S/C18H17F7N4O3S/c1-9-13(15(30)27-11-3-4-26-12(5-11)33(2,31)32)29(8-10-6-16(19,20)7-10)28-14(9)17(21,22)18(23,24)25/h3-5,10H,6-8H2,1-2H3,(H,26,27,30). The Morgan fingerprint density at radius 3 is 2.36 bits per heavy atom. The zero-order chi connectivity index (χ0) is 25.0. The number of hydrogen-bond donors (Lipinski definition) is 1. The van der Waals surface area contributed by atoms with Crippen LogP contribution in [0.4, 0.5) is 36.4 Å². The van der Waals surface area contributed by atoms with Gasteiger partial charge in [-0.2, -0.15) is 27.1 Å². The molecule has 0 aromatic carbocycles. The molecule has 182 valence electrons. The second kappa shape index (κ2) is 7.95. The van der Waals surface area contributed by atoms with Crippen LogP contribution in [0, 0.1) is 12.8 Å². The Morgan fingerprint density at radius 1 is 1.24 bits per heavy atom. The minimum Gasteiger partial charge on any atom is -0.321 e. The summed E-state index contributed by atoms with van der Waals surface area (Å²) in [5.41, 5.74) is -3.35. The fraction of sp³-hybridized carbons (Fsp3) is 0.500. The van der Waals surface area contributed by atoms with E-state index in [-0.39, 0.29) is 5.69 Å². The molecule has 2 aromatic rings. The Balaban J connectivity index is 2.01. The van der Waals surface area contributed by atoms with Crippen LogP contribution in [0.5, 0.6) is 0 Å². The lowest BCUT2D eigenvalue weighted by atomic mass is 9.81. The first-order chi connectivity index (χ1) is 14.9. The summed E-state index contributed by atoms with van der Waals surface area (Å²) in [6.45, 7) is 0.343. The van der Waals surface area contributed by atoms with Gasteiger partial charge in [-0.3, -0.25) is 9.48 Å². The normalized spacial score (nSPS) is 17.0. The minimum atomic E-state index is -6.01. The fourth-order valence-corrected chi connectivity index (χ4v) is 4.04. The quantitative estimate of drug-likeness (QED) is 0.604. The SMILES string of the molecule is Cc1c(C(F)(F)C(F)(F)F)nn(CC2CC(F)(F)C2)c1C(=O)Nc1ccnc(S(C)(=O)=O)c1. The van der Waals surface area contributed by atoms with Crippen molar-refractivity contribution >= 4 is 21.4 Å². The maximum absolute atomic E-state index is 14.0. The number of carbonyl (C=O) groups is 1. The Labute approximate surface area is 182 Å². The van der Waals surface area contributed by atoms with E-state index in [4.69, 9.17) is 0 Å². The van der Waals surface area contributed by atoms with E-state index >= 15 is 0 Å². The average Bonchev–Trinajstić information content (AvgIpc) is 2.95. The van der Waals surface area contributed by atoms with Crippen molar-refractivity contribution in [2.75, 3.05) is 11.6 Å². The molecule has 1 aliphatic rings. The number of alkyl halides is 7. The van der Waals surface area contributed by atoms with Crippen LogP contribution in [0.15, 0.2) is 23.4 Å². The Hall–Kier alpha value is -2.71. The van der Waals surface area contributed by atoms with Gasteiger partial charge in [-0.1, -0.05) is 0 Å². The summed E-state index contributed by atoms with van der Waals surface area (Å²) in [6.07, 6.45) is -5.40. The molecule has 1 N–H and O–H groups in total. The molecule has 1 amide bonds. The van der Waals surface area contributed by atoms with Crippen molar-refractivity contribution < 1.29 is 43.9 Å². The van der Waals surface area contributed by atoms with Crippen LogP contribution in [0.2, 0.25) is 0 Å². The summed E-state index contributed by atoms with van der Waals surface area (Å²) in [6, 6.07) is 2.13. The van der Waals surface area contributed by atoms with Crippen molar-refractivity contribution in [2.45, 2.75) is 49.4 Å². The molecule has 1 saturated carbocycles. The predicted octanol–water partition coefficient (Wildman–Crippen LogP) is 3.94. The fourth-order valence-electron chi connectivity index (χ4n) is 3.44. The van der Waals surface area contributed by atoms with Crippen LogP contribution in [0.1, 0.15) is 34.6 Å². The summed E-state index contributed by atoms with van der Waals surface area (Å²) in [5.74, 6) is -10.4. The number of pyridine rings is 1. The number of nitrogens with one attached hydrogen (secondary N) is 1. The lowest BCUT2D eigenvalue weighted by molar-refractivity contribution is -0.291. The number of carbonyl (C=O) groups excluding carboxylic acids is 1. The van der Waals surface area contributed by atoms with Gasteiger partial charge in [0.1, 0.15) is 11.4 Å². The lowest BCUT2D eigenvalue weighted by Crippen LogP contribution is -2.38. The predicted molar refractivity (Wildman–Crippen MR) is 99.9 cm³/mol. The van der Waals surface area contributed by atoms with Crippen molar-refractivity contribution in [3.63, 3.8) is 0 Å². The Bertz CT molecular complexity index is 1180. The van der Waals surface area contributed by atoms with Crippen LogP contribution in [-0.4, -0.2) is 47.4 Å². The molecule has 3 rings (SSSR count). The van der Waals surface area contributed by atoms with Gasteiger partial charge < -0.3 is 5.32 Å². The molecule has 0 aliphatic heterocycles. The Morgan fingerprint density at radius 2 is 1.85 bits per heavy atom. The molecule has 1 aliphatic carbocycles. The van der Waals surface area contributed by atoms with Crippen molar-refractivity contribution in [1.29, 1.82) is 0 Å². The maximum Gasteiger partial charge on any atom is 0.459 e. The van der Waals surface area contributed by atoms with E-state index in [0.717, 1.165) is 25.4 Å². The highest BCUT2D eigenvalue weighted by Crippen LogP contribution is 2.46. The largest absolute Gasteiger partial charge is 0.459 e. The molecule has 0 spiro atoms. The van der Waals surface area contributed by atoms with E-state index in [1.165, 1.54) is 6.07 Å². The topological polar surface area (TPSA) is 93.9 Å². The zero-order valence-electron chi connectivity index (χ0n) is 17.1. The molecule has 2 aromatic heterocycles. The van der Waals surface area contributed by atoms with Gasteiger partial charge in [0.2, 0.25) is 5.92 Å². The van der Waals surface area contributed by atoms with Gasteiger partial charge in [0.05, 0.1) is 0 Å². The van der Waals surface area contributed by atoms with Gasteiger partial charge in [0, 0.05) is 43.1 Å². The first-order valence-electron chi connectivity index (χ1n) is 9.30. The summed E-state index contributed by atoms with van der Waals surface area (Å²) in [4.78, 5) is 16.4. The molecule has 0 radical (unpaired) electrons. The van der Waals surface area contributed by atoms with Gasteiger partial charge in [-0.25, -0.2) is 22.2 Å². The van der Waals surface area contributed by atoms with E-state index in [0.29, 0.717) is 4.68 Å². The first kappa shape index (κ1) is 24.9. The van der Waals surface area contributed by atoms with Gasteiger partial charge in [0.15, 0.2) is 14.9 Å². The molecular formula is C18H17F7N4O3S. The van der Waals surface area contributed by atoms with Crippen LogP contribution in [0.25, 0.3) is 0 Å². The van der Waals surface area contributed by atoms with Gasteiger partial charge in [-0.05, 0) is 25.0 Å². The molecular weight excluding hydrogens is 485 g/mol. The number of sulfone groups is 1. The molecule has 0 bridgehead atoms. The van der Waals surface area contributed by atoms with Crippen LogP contribution < -0.4 is 5.32 Å². The molecule has 0 unspecified atom stereocenters. The first-order valence-corrected chi connectivity index (χ1v) is 11.2. The molecule has 2 heterocycles. The highest BCUT2D eigenvalue weighted by molar-refractivity contribution is 7.90. The van der Waals surface area contributed by atoms with Crippen LogP contribution >= 0.6 is 0 Å². The number of rotatable bonds is 6. The van der Waals surface area contributed by atoms with Crippen molar-refractivity contribution in [2.24, 2.45) is 5.92 Å². The summed E-state index contributed by atoms with van der Waals surface area (Å²) in [5, 5.41) is 5.05. The average molecular weight is 502 g/mol. The van der Waals surface area contributed by atoms with E-state index in [2.05, 4.69) is 15.4 Å². The molecule has 1 fully saturated rings. The third-order valence-corrected chi connectivity index (χ3v) is 6.02. The van der Waals surface area contributed by atoms with Crippen molar-refractivity contribution in [1.82, 2.24) is 14.8 Å². The molecule has 15 heteroatoms.